The van der Waals surface area contributed by atoms with Crippen molar-refractivity contribution in [1.82, 2.24) is 0 Å². The van der Waals surface area contributed by atoms with Gasteiger partial charge in [-0.15, -0.1) is 0 Å². The molecule has 106 valence electrons. The van der Waals surface area contributed by atoms with Gasteiger partial charge in [-0.1, -0.05) is 30.3 Å². The number of carbonyl (C=O) groups excluding carboxylic acids is 1. The maximum absolute atomic E-state index is 13.4. The fourth-order valence-electron chi connectivity index (χ4n) is 1.85. The smallest absolute Gasteiger partial charge is 0.272 e. The lowest BCUT2D eigenvalue weighted by atomic mass is 10.1. The molecule has 2 aromatic rings. The average molecular weight is 285 g/mol. The predicted octanol–water partition coefficient (Wildman–Crippen LogP) is 3.94. The molecule has 0 radical (unpaired) electrons. The fraction of sp³-hybridized carbons (Fsp3) is 0.0625. The topological polar surface area (TPSA) is 60.2 Å². The molecule has 0 bridgehead atoms. The van der Waals surface area contributed by atoms with Gasteiger partial charge in [0.15, 0.2) is 5.78 Å². The number of allylic oxidation sites excluding steroid dienone is 1. The van der Waals surface area contributed by atoms with Crippen LogP contribution >= 0.6 is 0 Å². The van der Waals surface area contributed by atoms with Crippen LogP contribution < -0.4 is 0 Å². The van der Waals surface area contributed by atoms with Crippen LogP contribution in [-0.4, -0.2) is 10.7 Å². The van der Waals surface area contributed by atoms with Crippen molar-refractivity contribution in [1.29, 1.82) is 0 Å². The number of nitro benzene ring substituents is 1. The van der Waals surface area contributed by atoms with Crippen LogP contribution in [0.4, 0.5) is 10.1 Å². The molecule has 0 amide bonds. The van der Waals surface area contributed by atoms with Crippen LogP contribution in [-0.2, 0) is 0 Å². The summed E-state index contributed by atoms with van der Waals surface area (Å²) in [4.78, 5) is 22.2. The number of nitro groups is 1. The average Bonchev–Trinajstić information content (AvgIpc) is 2.46. The Hall–Kier alpha value is -2.82. The Bertz CT molecular complexity index is 738. The second-order valence-corrected chi connectivity index (χ2v) is 4.48. The molecule has 0 aromatic heterocycles. The van der Waals surface area contributed by atoms with Gasteiger partial charge in [0.05, 0.1) is 10.5 Å². The lowest BCUT2D eigenvalue weighted by Gasteiger charge is -1.99. The van der Waals surface area contributed by atoms with E-state index in [1.165, 1.54) is 36.4 Å². The largest absolute Gasteiger partial charge is 0.289 e. The van der Waals surface area contributed by atoms with Crippen LogP contribution in [0.1, 0.15) is 21.5 Å². The molecule has 0 fully saturated rings. The van der Waals surface area contributed by atoms with Crippen molar-refractivity contribution in [2.24, 2.45) is 0 Å². The van der Waals surface area contributed by atoms with Gasteiger partial charge in [-0.05, 0) is 30.7 Å². The number of nitrogens with zero attached hydrogens (tertiary/aromatic N) is 1. The molecule has 0 spiro atoms. The lowest BCUT2D eigenvalue weighted by Crippen LogP contribution is -1.98. The second kappa shape index (κ2) is 6.09. The normalized spacial score (nSPS) is 10.8. The summed E-state index contributed by atoms with van der Waals surface area (Å²) in [5.41, 5.74) is 1.00. The van der Waals surface area contributed by atoms with E-state index in [0.717, 1.165) is 0 Å². The van der Waals surface area contributed by atoms with Gasteiger partial charge in [0.1, 0.15) is 5.82 Å². The SMILES string of the molecule is Cc1ccc(/C=C/C(=O)c2ccccc2F)cc1[N+](=O)[O-]. The number of rotatable bonds is 4. The first kappa shape index (κ1) is 14.6. The first-order valence-corrected chi connectivity index (χ1v) is 6.21. The van der Waals surface area contributed by atoms with E-state index < -0.39 is 16.5 Å². The van der Waals surface area contributed by atoms with Crippen molar-refractivity contribution in [2.45, 2.75) is 6.92 Å². The van der Waals surface area contributed by atoms with Gasteiger partial charge in [-0.2, -0.15) is 0 Å². The Balaban J connectivity index is 2.26. The minimum atomic E-state index is -0.595. The third-order valence-corrected chi connectivity index (χ3v) is 3.00. The van der Waals surface area contributed by atoms with Crippen LogP contribution in [0.2, 0.25) is 0 Å². The number of aryl methyl sites for hydroxylation is 1. The third kappa shape index (κ3) is 3.39. The van der Waals surface area contributed by atoms with Gasteiger partial charge in [0.2, 0.25) is 0 Å². The minimum Gasteiger partial charge on any atom is -0.289 e. The first-order chi connectivity index (χ1) is 9.99. The molecule has 0 heterocycles. The Morgan fingerprint density at radius 1 is 1.24 bits per heavy atom. The maximum atomic E-state index is 13.4. The summed E-state index contributed by atoms with van der Waals surface area (Å²) >= 11 is 0. The van der Waals surface area contributed by atoms with E-state index in [2.05, 4.69) is 0 Å². The summed E-state index contributed by atoms with van der Waals surface area (Å²) in [5.74, 6) is -1.08. The van der Waals surface area contributed by atoms with Gasteiger partial charge in [0.25, 0.3) is 5.69 Å². The number of hydrogen-bond donors (Lipinski definition) is 0. The van der Waals surface area contributed by atoms with Crippen molar-refractivity contribution >= 4 is 17.5 Å². The highest BCUT2D eigenvalue weighted by atomic mass is 19.1. The monoisotopic (exact) mass is 285 g/mol. The number of carbonyl (C=O) groups is 1. The summed E-state index contributed by atoms with van der Waals surface area (Å²) in [6.07, 6.45) is 2.63. The van der Waals surface area contributed by atoms with Gasteiger partial charge in [-0.3, -0.25) is 14.9 Å². The van der Waals surface area contributed by atoms with Gasteiger partial charge < -0.3 is 0 Å². The zero-order valence-electron chi connectivity index (χ0n) is 11.2. The van der Waals surface area contributed by atoms with Gasteiger partial charge in [-0.25, -0.2) is 4.39 Å². The molecular formula is C16H12FNO3. The molecule has 0 saturated carbocycles. The molecule has 0 aliphatic carbocycles. The van der Waals surface area contributed by atoms with Crippen LogP contribution in [0.5, 0.6) is 0 Å². The quantitative estimate of drug-likeness (QED) is 0.370. The molecule has 2 aromatic carbocycles. The van der Waals surface area contributed by atoms with Crippen molar-refractivity contribution in [2.75, 3.05) is 0 Å². The van der Waals surface area contributed by atoms with Crippen molar-refractivity contribution in [3.63, 3.8) is 0 Å². The summed E-state index contributed by atoms with van der Waals surface area (Å²) < 4.78 is 13.4. The molecule has 21 heavy (non-hydrogen) atoms. The maximum Gasteiger partial charge on any atom is 0.272 e. The molecule has 0 aliphatic rings. The van der Waals surface area contributed by atoms with Crippen LogP contribution in [0.25, 0.3) is 6.08 Å². The summed E-state index contributed by atoms with van der Waals surface area (Å²) in [7, 11) is 0. The zero-order chi connectivity index (χ0) is 15.4. The van der Waals surface area contributed by atoms with E-state index in [4.69, 9.17) is 0 Å². The zero-order valence-corrected chi connectivity index (χ0v) is 11.2. The van der Waals surface area contributed by atoms with E-state index in [-0.39, 0.29) is 11.3 Å². The molecule has 0 saturated heterocycles. The van der Waals surface area contributed by atoms with E-state index in [1.807, 2.05) is 0 Å². The molecule has 0 aliphatic heterocycles. The molecule has 2 rings (SSSR count). The highest BCUT2D eigenvalue weighted by molar-refractivity contribution is 6.07. The van der Waals surface area contributed by atoms with Gasteiger partial charge in [0, 0.05) is 11.6 Å². The summed E-state index contributed by atoms with van der Waals surface area (Å²) in [6.45, 7) is 1.64. The highest BCUT2D eigenvalue weighted by Gasteiger charge is 2.11. The number of hydrogen-bond acceptors (Lipinski definition) is 3. The van der Waals surface area contributed by atoms with E-state index in [0.29, 0.717) is 11.1 Å². The van der Waals surface area contributed by atoms with Gasteiger partial charge >= 0.3 is 0 Å². The molecule has 5 heteroatoms. The summed E-state index contributed by atoms with van der Waals surface area (Å²) in [5, 5.41) is 10.8. The number of ketones is 1. The second-order valence-electron chi connectivity index (χ2n) is 4.48. The molecule has 0 atom stereocenters. The highest BCUT2D eigenvalue weighted by Crippen LogP contribution is 2.20. The van der Waals surface area contributed by atoms with Crippen molar-refractivity contribution in [3.05, 3.63) is 81.2 Å². The summed E-state index contributed by atoms with van der Waals surface area (Å²) in [6, 6.07) is 10.3. The predicted molar refractivity (Wildman–Crippen MR) is 77.6 cm³/mol. The first-order valence-electron chi connectivity index (χ1n) is 6.21. The third-order valence-electron chi connectivity index (χ3n) is 3.00. The lowest BCUT2D eigenvalue weighted by molar-refractivity contribution is -0.385. The Morgan fingerprint density at radius 2 is 1.95 bits per heavy atom. The number of benzene rings is 2. The standard InChI is InChI=1S/C16H12FNO3/c1-11-6-7-12(10-15(11)18(20)21)8-9-16(19)13-4-2-3-5-14(13)17/h2-10H,1H3/b9-8+. The van der Waals surface area contributed by atoms with Crippen LogP contribution in [0.15, 0.2) is 48.5 Å². The molecule has 0 unspecified atom stereocenters. The van der Waals surface area contributed by atoms with Crippen molar-refractivity contribution < 1.29 is 14.1 Å². The Morgan fingerprint density at radius 3 is 2.62 bits per heavy atom. The van der Waals surface area contributed by atoms with Crippen molar-refractivity contribution in [3.8, 4) is 0 Å². The Labute approximate surface area is 120 Å². The number of halogens is 1. The van der Waals surface area contributed by atoms with Crippen LogP contribution in [0, 0.1) is 22.9 Å². The fourth-order valence-corrected chi connectivity index (χ4v) is 1.85. The van der Waals surface area contributed by atoms with E-state index in [1.54, 1.807) is 25.1 Å². The Kier molecular flexibility index (Phi) is 4.23. The van der Waals surface area contributed by atoms with Crippen LogP contribution in [0.3, 0.4) is 0 Å². The van der Waals surface area contributed by atoms with E-state index in [9.17, 15) is 19.3 Å². The molecular weight excluding hydrogens is 273 g/mol. The minimum absolute atomic E-state index is 0.0181. The van der Waals surface area contributed by atoms with E-state index >= 15 is 0 Å². The molecule has 4 nitrogen and oxygen atoms in total. The molecule has 0 N–H and O–H groups in total.